The molecule has 2 saturated carbocycles. The van der Waals surface area contributed by atoms with E-state index in [-0.39, 0.29) is 0 Å². The van der Waals surface area contributed by atoms with Crippen molar-refractivity contribution in [1.29, 1.82) is 0 Å². The Labute approximate surface area is 122 Å². The SMILES string of the molecule is CCC1CCCCC1OCC(O)CNCC1(O)CCC1. The van der Waals surface area contributed by atoms with Crippen molar-refractivity contribution in [3.05, 3.63) is 0 Å². The van der Waals surface area contributed by atoms with Gasteiger partial charge < -0.3 is 20.3 Å². The fraction of sp³-hybridized carbons (Fsp3) is 1.00. The van der Waals surface area contributed by atoms with Crippen LogP contribution in [0, 0.1) is 5.92 Å². The summed E-state index contributed by atoms with van der Waals surface area (Å²) in [7, 11) is 0. The first kappa shape index (κ1) is 16.2. The third-order valence-electron chi connectivity index (χ3n) is 4.98. The monoisotopic (exact) mass is 285 g/mol. The number of aliphatic hydroxyl groups is 2. The molecule has 0 aromatic heterocycles. The molecule has 4 nitrogen and oxygen atoms in total. The van der Waals surface area contributed by atoms with E-state index >= 15 is 0 Å². The van der Waals surface area contributed by atoms with Crippen LogP contribution in [0.15, 0.2) is 0 Å². The van der Waals surface area contributed by atoms with Gasteiger partial charge in [0.25, 0.3) is 0 Å². The molecular weight excluding hydrogens is 254 g/mol. The molecule has 4 heteroatoms. The lowest BCUT2D eigenvalue weighted by atomic mass is 9.80. The average Bonchev–Trinajstić information content (AvgIpc) is 2.43. The van der Waals surface area contributed by atoms with E-state index in [1.54, 1.807) is 0 Å². The molecule has 3 unspecified atom stereocenters. The highest BCUT2D eigenvalue weighted by molar-refractivity contribution is 4.89. The number of ether oxygens (including phenoxy) is 1. The normalized spacial score (nSPS) is 30.8. The fourth-order valence-electron chi connectivity index (χ4n) is 3.39. The van der Waals surface area contributed by atoms with Crippen molar-refractivity contribution in [3.8, 4) is 0 Å². The summed E-state index contributed by atoms with van der Waals surface area (Å²) in [6.07, 6.45) is 8.89. The minimum absolute atomic E-state index is 0.333. The van der Waals surface area contributed by atoms with Crippen LogP contribution in [0.1, 0.15) is 58.3 Å². The van der Waals surface area contributed by atoms with Gasteiger partial charge in [0.15, 0.2) is 0 Å². The quantitative estimate of drug-likeness (QED) is 0.637. The van der Waals surface area contributed by atoms with E-state index in [0.717, 1.165) is 25.7 Å². The Morgan fingerprint density at radius 2 is 2.00 bits per heavy atom. The van der Waals surface area contributed by atoms with Crippen molar-refractivity contribution < 1.29 is 14.9 Å². The molecular formula is C16H31NO3. The summed E-state index contributed by atoms with van der Waals surface area (Å²) in [4.78, 5) is 0. The summed E-state index contributed by atoms with van der Waals surface area (Å²) in [5.41, 5.74) is -0.517. The third-order valence-corrected chi connectivity index (χ3v) is 4.98. The maximum Gasteiger partial charge on any atom is 0.0897 e. The average molecular weight is 285 g/mol. The summed E-state index contributed by atoms with van der Waals surface area (Å²) in [5, 5.41) is 23.1. The molecule has 0 saturated heterocycles. The minimum Gasteiger partial charge on any atom is -0.389 e. The summed E-state index contributed by atoms with van der Waals surface area (Å²) in [6, 6.07) is 0. The van der Waals surface area contributed by atoms with Crippen LogP contribution in [0.5, 0.6) is 0 Å². The van der Waals surface area contributed by atoms with E-state index < -0.39 is 11.7 Å². The predicted molar refractivity (Wildman–Crippen MR) is 79.7 cm³/mol. The largest absolute Gasteiger partial charge is 0.389 e. The molecule has 2 fully saturated rings. The number of nitrogens with one attached hydrogen (secondary N) is 1. The van der Waals surface area contributed by atoms with Crippen LogP contribution in [0.25, 0.3) is 0 Å². The predicted octanol–water partition coefficient (Wildman–Crippen LogP) is 1.84. The van der Waals surface area contributed by atoms with Crippen molar-refractivity contribution in [2.45, 2.75) is 76.1 Å². The topological polar surface area (TPSA) is 61.7 Å². The van der Waals surface area contributed by atoms with Gasteiger partial charge in [-0.15, -0.1) is 0 Å². The maximum absolute atomic E-state index is 9.96. The molecule has 2 rings (SSSR count). The van der Waals surface area contributed by atoms with E-state index in [1.807, 2.05) is 0 Å². The molecule has 0 aromatic carbocycles. The van der Waals surface area contributed by atoms with E-state index in [0.29, 0.717) is 31.7 Å². The lowest BCUT2D eigenvalue weighted by Crippen LogP contribution is -2.48. The van der Waals surface area contributed by atoms with Gasteiger partial charge in [-0.25, -0.2) is 0 Å². The van der Waals surface area contributed by atoms with E-state index in [2.05, 4.69) is 12.2 Å². The minimum atomic E-state index is -0.517. The van der Waals surface area contributed by atoms with Crippen LogP contribution in [-0.2, 0) is 4.74 Å². The van der Waals surface area contributed by atoms with Gasteiger partial charge in [-0.3, -0.25) is 0 Å². The highest BCUT2D eigenvalue weighted by Gasteiger charge is 2.33. The number of hydrogen-bond donors (Lipinski definition) is 3. The maximum atomic E-state index is 9.96. The van der Waals surface area contributed by atoms with Gasteiger partial charge in [-0.2, -0.15) is 0 Å². The van der Waals surface area contributed by atoms with Crippen LogP contribution in [0.4, 0.5) is 0 Å². The Hall–Kier alpha value is -0.160. The molecule has 20 heavy (non-hydrogen) atoms. The van der Waals surface area contributed by atoms with Crippen LogP contribution in [0.2, 0.25) is 0 Å². The molecule has 2 aliphatic rings. The highest BCUT2D eigenvalue weighted by Crippen LogP contribution is 2.30. The summed E-state index contributed by atoms with van der Waals surface area (Å²) in [6.45, 7) is 3.73. The smallest absolute Gasteiger partial charge is 0.0897 e. The van der Waals surface area contributed by atoms with E-state index in [4.69, 9.17) is 4.74 Å². The second-order valence-electron chi connectivity index (χ2n) is 6.69. The fourth-order valence-corrected chi connectivity index (χ4v) is 3.39. The van der Waals surface area contributed by atoms with Crippen LogP contribution in [-0.4, -0.2) is 47.7 Å². The first-order chi connectivity index (χ1) is 9.63. The highest BCUT2D eigenvalue weighted by atomic mass is 16.5. The Balaban J connectivity index is 1.58. The zero-order chi connectivity index (χ0) is 14.4. The van der Waals surface area contributed by atoms with E-state index in [9.17, 15) is 10.2 Å². The molecule has 0 aromatic rings. The Morgan fingerprint density at radius 3 is 2.65 bits per heavy atom. The van der Waals surface area contributed by atoms with Gasteiger partial charge in [0, 0.05) is 13.1 Å². The molecule has 2 aliphatic carbocycles. The van der Waals surface area contributed by atoms with Crippen LogP contribution in [0.3, 0.4) is 0 Å². The lowest BCUT2D eigenvalue weighted by molar-refractivity contribution is -0.0554. The Kier molecular flexibility index (Phi) is 6.27. The number of rotatable bonds is 8. The van der Waals surface area contributed by atoms with Gasteiger partial charge >= 0.3 is 0 Å². The van der Waals surface area contributed by atoms with Crippen molar-refractivity contribution in [3.63, 3.8) is 0 Å². The molecule has 118 valence electrons. The van der Waals surface area contributed by atoms with Gasteiger partial charge in [-0.05, 0) is 38.0 Å². The van der Waals surface area contributed by atoms with Gasteiger partial charge in [0.2, 0.25) is 0 Å². The molecule has 0 heterocycles. The number of hydrogen-bond acceptors (Lipinski definition) is 4. The van der Waals surface area contributed by atoms with Crippen LogP contribution >= 0.6 is 0 Å². The lowest BCUT2D eigenvalue weighted by Gasteiger charge is -2.37. The standard InChI is InChI=1S/C16H31NO3/c1-2-13-6-3-4-7-15(13)20-11-14(18)10-17-12-16(19)8-5-9-16/h13-15,17-19H,2-12H2,1H3. The molecule has 0 amide bonds. The molecule has 0 spiro atoms. The van der Waals surface area contributed by atoms with Gasteiger partial charge in [-0.1, -0.05) is 26.2 Å². The Morgan fingerprint density at radius 1 is 1.25 bits per heavy atom. The number of aliphatic hydroxyl groups excluding tert-OH is 1. The van der Waals surface area contributed by atoms with Gasteiger partial charge in [0.1, 0.15) is 0 Å². The Bertz CT molecular complexity index is 281. The molecule has 3 atom stereocenters. The van der Waals surface area contributed by atoms with Crippen molar-refractivity contribution in [2.24, 2.45) is 5.92 Å². The van der Waals surface area contributed by atoms with Crippen molar-refractivity contribution >= 4 is 0 Å². The zero-order valence-corrected chi connectivity index (χ0v) is 12.8. The molecule has 0 radical (unpaired) electrons. The van der Waals surface area contributed by atoms with Crippen LogP contribution < -0.4 is 5.32 Å². The second kappa shape index (κ2) is 7.74. The van der Waals surface area contributed by atoms with Crippen molar-refractivity contribution in [2.75, 3.05) is 19.7 Å². The van der Waals surface area contributed by atoms with Crippen molar-refractivity contribution in [1.82, 2.24) is 5.32 Å². The summed E-state index contributed by atoms with van der Waals surface area (Å²) < 4.78 is 5.92. The first-order valence-electron chi connectivity index (χ1n) is 8.36. The van der Waals surface area contributed by atoms with Gasteiger partial charge in [0.05, 0.1) is 24.4 Å². The van der Waals surface area contributed by atoms with E-state index in [1.165, 1.54) is 25.7 Å². The zero-order valence-electron chi connectivity index (χ0n) is 12.8. The molecule has 3 N–H and O–H groups in total. The first-order valence-corrected chi connectivity index (χ1v) is 8.36. The third kappa shape index (κ3) is 4.69. The molecule has 0 bridgehead atoms. The summed E-state index contributed by atoms with van der Waals surface area (Å²) >= 11 is 0. The second-order valence-corrected chi connectivity index (χ2v) is 6.69. The molecule has 0 aliphatic heterocycles. The summed E-state index contributed by atoms with van der Waals surface area (Å²) in [5.74, 6) is 0.666.